The second-order valence-corrected chi connectivity index (χ2v) is 13.7. The van der Waals surface area contributed by atoms with Crippen molar-refractivity contribution < 1.29 is 9.59 Å². The predicted molar refractivity (Wildman–Crippen MR) is 179 cm³/mol. The normalized spacial score (nSPS) is 20.8. The number of rotatable bonds is 8. The molecule has 2 atom stereocenters. The Kier molecular flexibility index (Phi) is 9.04. The molecule has 44 heavy (non-hydrogen) atoms. The second kappa shape index (κ2) is 13.0. The molecule has 2 unspecified atom stereocenters. The summed E-state index contributed by atoms with van der Waals surface area (Å²) in [6.45, 7) is 9.55. The van der Waals surface area contributed by atoms with E-state index in [0.29, 0.717) is 58.8 Å². The van der Waals surface area contributed by atoms with Gasteiger partial charge >= 0.3 is 6.03 Å². The lowest BCUT2D eigenvalue weighted by atomic mass is 9.49. The van der Waals surface area contributed by atoms with Crippen molar-refractivity contribution in [1.82, 2.24) is 14.7 Å². The molecule has 6 nitrogen and oxygen atoms in total. The van der Waals surface area contributed by atoms with Crippen LogP contribution in [0.25, 0.3) is 11.1 Å². The zero-order chi connectivity index (χ0) is 30.8. The molecule has 3 aromatic rings. The zero-order valence-electron chi connectivity index (χ0n) is 25.4. The van der Waals surface area contributed by atoms with Crippen LogP contribution in [0.2, 0.25) is 10.0 Å². The van der Waals surface area contributed by atoms with Gasteiger partial charge in [-0.25, -0.2) is 4.79 Å². The summed E-state index contributed by atoms with van der Waals surface area (Å²) in [5.41, 5.74) is 5.24. The Morgan fingerprint density at radius 2 is 1.61 bits per heavy atom. The maximum absolute atomic E-state index is 13.6. The topological polar surface area (TPSA) is 55.9 Å². The number of allylic oxidation sites excluding steroid dienone is 1. The summed E-state index contributed by atoms with van der Waals surface area (Å²) in [5.74, 6) is 1.34. The van der Waals surface area contributed by atoms with Crippen LogP contribution in [0.15, 0.2) is 84.4 Å². The van der Waals surface area contributed by atoms with E-state index in [1.807, 2.05) is 52.3 Å². The molecular weight excluding hydrogens is 591 g/mol. The maximum atomic E-state index is 13.6. The summed E-state index contributed by atoms with van der Waals surface area (Å²) >= 11 is 12.3. The highest BCUT2D eigenvalue weighted by Gasteiger charge is 2.51. The van der Waals surface area contributed by atoms with Crippen LogP contribution in [0.5, 0.6) is 0 Å². The Morgan fingerprint density at radius 1 is 0.909 bits per heavy atom. The van der Waals surface area contributed by atoms with Crippen LogP contribution in [0.3, 0.4) is 0 Å². The monoisotopic (exact) mass is 630 g/mol. The van der Waals surface area contributed by atoms with Gasteiger partial charge in [0, 0.05) is 57.1 Å². The number of nitrogens with zero attached hydrogens (tertiary/aromatic N) is 3. The van der Waals surface area contributed by atoms with Gasteiger partial charge in [0.05, 0.1) is 10.0 Å². The van der Waals surface area contributed by atoms with Crippen molar-refractivity contribution in [2.75, 3.05) is 51.1 Å². The third-order valence-electron chi connectivity index (χ3n) is 10.00. The van der Waals surface area contributed by atoms with Gasteiger partial charge in [-0.05, 0) is 71.6 Å². The number of fused-ring (bicyclic) bond motifs is 1. The van der Waals surface area contributed by atoms with Crippen LogP contribution in [-0.4, -0.2) is 72.5 Å². The molecule has 2 bridgehead atoms. The molecule has 2 fully saturated rings. The summed E-state index contributed by atoms with van der Waals surface area (Å²) in [5, 5.41) is 3.90. The van der Waals surface area contributed by atoms with E-state index in [9.17, 15) is 9.59 Å². The van der Waals surface area contributed by atoms with E-state index in [4.69, 9.17) is 23.2 Å². The van der Waals surface area contributed by atoms with Gasteiger partial charge in [0.15, 0.2) is 0 Å². The Labute approximate surface area is 270 Å². The first-order valence-electron chi connectivity index (χ1n) is 15.6. The fourth-order valence-electron chi connectivity index (χ4n) is 6.96. The van der Waals surface area contributed by atoms with Crippen LogP contribution < -0.4 is 5.32 Å². The van der Waals surface area contributed by atoms with E-state index in [2.05, 4.69) is 42.3 Å². The first-order valence-corrected chi connectivity index (χ1v) is 16.3. The van der Waals surface area contributed by atoms with Crippen LogP contribution in [-0.2, 0) is 0 Å². The van der Waals surface area contributed by atoms with Gasteiger partial charge in [-0.2, -0.15) is 0 Å². The zero-order valence-corrected chi connectivity index (χ0v) is 27.0. The lowest BCUT2D eigenvalue weighted by molar-refractivity contribution is -0.00970. The molecule has 1 saturated carbocycles. The Morgan fingerprint density at radius 3 is 2.27 bits per heavy atom. The van der Waals surface area contributed by atoms with E-state index >= 15 is 0 Å². The number of carbonyl (C=O) groups is 2. The Bertz CT molecular complexity index is 1530. The van der Waals surface area contributed by atoms with Crippen LogP contribution in [0.1, 0.15) is 37.0 Å². The van der Waals surface area contributed by atoms with Crippen molar-refractivity contribution in [3.63, 3.8) is 0 Å². The summed E-state index contributed by atoms with van der Waals surface area (Å²) in [6.07, 6.45) is 4.67. The van der Waals surface area contributed by atoms with E-state index < -0.39 is 0 Å². The summed E-state index contributed by atoms with van der Waals surface area (Å²) in [6, 6.07) is 23.1. The number of hydrogen-bond acceptors (Lipinski definition) is 3. The number of anilines is 1. The summed E-state index contributed by atoms with van der Waals surface area (Å²) in [4.78, 5) is 33.1. The average molecular weight is 632 g/mol. The maximum Gasteiger partial charge on any atom is 0.322 e. The van der Waals surface area contributed by atoms with Gasteiger partial charge in [0.25, 0.3) is 5.91 Å². The van der Waals surface area contributed by atoms with E-state index in [-0.39, 0.29) is 11.9 Å². The van der Waals surface area contributed by atoms with Gasteiger partial charge in [0.2, 0.25) is 0 Å². The molecule has 230 valence electrons. The fourth-order valence-corrected chi connectivity index (χ4v) is 7.26. The first-order chi connectivity index (χ1) is 21.2. The number of benzene rings is 3. The molecule has 0 spiro atoms. The number of hydrogen-bond donors (Lipinski definition) is 1. The van der Waals surface area contributed by atoms with Gasteiger partial charge in [0.1, 0.15) is 0 Å². The molecule has 1 saturated heterocycles. The van der Waals surface area contributed by atoms with Crippen molar-refractivity contribution >= 4 is 40.8 Å². The SMILES string of the molecule is CC1(C)C2CC=C(CN(CCN3CCN(C(=O)c4ccc(-c5ccccc5)cc4)CC3)C(=O)Nc3ccc(Cl)c(Cl)c3)C1C2. The third kappa shape index (κ3) is 6.53. The van der Waals surface area contributed by atoms with Gasteiger partial charge in [-0.15, -0.1) is 0 Å². The van der Waals surface area contributed by atoms with E-state index in [0.717, 1.165) is 43.1 Å². The second-order valence-electron chi connectivity index (χ2n) is 12.9. The summed E-state index contributed by atoms with van der Waals surface area (Å²) < 4.78 is 0. The molecule has 1 aliphatic heterocycles. The average Bonchev–Trinajstić information content (AvgIpc) is 3.05. The highest BCUT2D eigenvalue weighted by molar-refractivity contribution is 6.42. The third-order valence-corrected chi connectivity index (χ3v) is 10.7. The largest absolute Gasteiger partial charge is 0.336 e. The minimum absolute atomic E-state index is 0.0672. The van der Waals surface area contributed by atoms with Crippen LogP contribution >= 0.6 is 23.2 Å². The van der Waals surface area contributed by atoms with Crippen molar-refractivity contribution in [2.45, 2.75) is 26.7 Å². The number of urea groups is 1. The molecular formula is C36H40Cl2N4O2. The lowest BCUT2D eigenvalue weighted by Crippen LogP contribution is -2.52. The van der Waals surface area contributed by atoms with Gasteiger partial charge < -0.3 is 15.1 Å². The van der Waals surface area contributed by atoms with E-state index in [1.54, 1.807) is 18.2 Å². The smallest absolute Gasteiger partial charge is 0.322 e. The molecule has 1 heterocycles. The fraction of sp³-hybridized carbons (Fsp3) is 0.389. The highest BCUT2D eigenvalue weighted by Crippen LogP contribution is 2.59. The minimum atomic E-state index is -0.142. The first kappa shape index (κ1) is 30.7. The molecule has 3 aromatic carbocycles. The molecule has 0 aromatic heterocycles. The summed E-state index contributed by atoms with van der Waals surface area (Å²) in [7, 11) is 0. The number of nitrogens with one attached hydrogen (secondary N) is 1. The predicted octanol–water partition coefficient (Wildman–Crippen LogP) is 7.94. The molecule has 8 heteroatoms. The van der Waals surface area contributed by atoms with Crippen molar-refractivity contribution in [3.05, 3.63) is 100 Å². The number of halogens is 2. The van der Waals surface area contributed by atoms with Crippen molar-refractivity contribution in [1.29, 1.82) is 0 Å². The number of carbonyl (C=O) groups excluding carboxylic acids is 2. The van der Waals surface area contributed by atoms with E-state index in [1.165, 1.54) is 12.0 Å². The molecule has 3 amide bonds. The molecule has 1 N–H and O–H groups in total. The van der Waals surface area contributed by atoms with Gasteiger partial charge in [-0.3, -0.25) is 9.69 Å². The van der Waals surface area contributed by atoms with Crippen LogP contribution in [0, 0.1) is 17.3 Å². The Balaban J connectivity index is 1.06. The number of amides is 3. The highest BCUT2D eigenvalue weighted by atomic mass is 35.5. The van der Waals surface area contributed by atoms with Gasteiger partial charge in [-0.1, -0.05) is 91.2 Å². The molecule has 4 aliphatic rings. The number of piperazine rings is 1. The lowest BCUT2D eigenvalue weighted by Gasteiger charge is -2.57. The van der Waals surface area contributed by atoms with Crippen molar-refractivity contribution in [2.24, 2.45) is 17.3 Å². The Hall–Kier alpha value is -3.32. The van der Waals surface area contributed by atoms with Crippen LogP contribution in [0.4, 0.5) is 10.5 Å². The minimum Gasteiger partial charge on any atom is -0.336 e. The standard InChI is InChI=1S/C36H40Cl2N4O2/c1-36(2)29-13-12-28(31(36)22-29)24-42(35(44)39-30-14-15-32(37)33(38)23-30)21-18-40-16-19-41(20-17-40)34(43)27-10-8-26(9-11-27)25-6-4-3-5-7-25/h3-12,14-15,23,29,31H,13,16-22,24H2,1-2H3,(H,39,44). The molecule has 0 radical (unpaired) electrons. The quantitative estimate of drug-likeness (QED) is 0.257. The molecule has 7 rings (SSSR count). The van der Waals surface area contributed by atoms with Crippen molar-refractivity contribution in [3.8, 4) is 11.1 Å². The molecule has 3 aliphatic carbocycles.